The van der Waals surface area contributed by atoms with Crippen LogP contribution in [0.5, 0.6) is 0 Å². The molecule has 128 valence electrons. The van der Waals surface area contributed by atoms with Crippen molar-refractivity contribution in [2.24, 2.45) is 0 Å². The lowest BCUT2D eigenvalue weighted by Gasteiger charge is -2.34. The van der Waals surface area contributed by atoms with Gasteiger partial charge in [-0.2, -0.15) is 5.10 Å². The van der Waals surface area contributed by atoms with Gasteiger partial charge in [-0.15, -0.1) is 0 Å². The van der Waals surface area contributed by atoms with Crippen molar-refractivity contribution in [2.45, 2.75) is 6.54 Å². The van der Waals surface area contributed by atoms with Gasteiger partial charge in [-0.3, -0.25) is 19.4 Å². The number of aromatic nitrogens is 4. The Kier molecular flexibility index (Phi) is 4.39. The van der Waals surface area contributed by atoms with Crippen molar-refractivity contribution < 1.29 is 4.79 Å². The number of fused-ring (bicyclic) bond motifs is 1. The van der Waals surface area contributed by atoms with Gasteiger partial charge in [0, 0.05) is 45.1 Å². The van der Waals surface area contributed by atoms with Gasteiger partial charge in [0.25, 0.3) is 5.91 Å². The smallest absolute Gasteiger partial charge is 0.274 e. The van der Waals surface area contributed by atoms with E-state index in [9.17, 15) is 4.79 Å². The third-order valence-electron chi connectivity index (χ3n) is 4.53. The number of piperazine rings is 1. The van der Waals surface area contributed by atoms with Crippen LogP contribution in [-0.4, -0.2) is 68.2 Å². The van der Waals surface area contributed by atoms with Crippen molar-refractivity contribution in [2.75, 3.05) is 32.7 Å². The summed E-state index contributed by atoms with van der Waals surface area (Å²) < 4.78 is 1.93. The second-order valence-corrected chi connectivity index (χ2v) is 6.15. The molecule has 1 amide bonds. The van der Waals surface area contributed by atoms with Gasteiger partial charge < -0.3 is 4.90 Å². The highest BCUT2D eigenvalue weighted by Crippen LogP contribution is 2.11. The Hall–Kier alpha value is -2.80. The van der Waals surface area contributed by atoms with E-state index in [2.05, 4.69) is 20.0 Å². The first kappa shape index (κ1) is 15.7. The lowest BCUT2D eigenvalue weighted by molar-refractivity contribution is 0.0626. The molecule has 3 heterocycles. The Bertz CT molecular complexity index is 855. The van der Waals surface area contributed by atoms with Crippen LogP contribution in [0.4, 0.5) is 0 Å². The van der Waals surface area contributed by atoms with Crippen molar-refractivity contribution in [1.29, 1.82) is 0 Å². The Labute approximate surface area is 145 Å². The second-order valence-electron chi connectivity index (χ2n) is 6.15. The van der Waals surface area contributed by atoms with Crippen molar-refractivity contribution in [3.63, 3.8) is 0 Å². The van der Waals surface area contributed by atoms with E-state index in [0.717, 1.165) is 37.2 Å². The highest BCUT2D eigenvalue weighted by molar-refractivity contribution is 5.93. The maximum atomic E-state index is 12.7. The van der Waals surface area contributed by atoms with Crippen molar-refractivity contribution in [3.05, 3.63) is 54.6 Å². The standard InChI is InChI=1S/C18H20N6O/c25-18(17-14-19-15-4-1-2-5-16(15)21-17)23-11-8-22(9-12-23)10-13-24-7-3-6-20-24/h1-7,14H,8-13H2. The molecule has 0 spiro atoms. The number of nitrogens with zero attached hydrogens (tertiary/aromatic N) is 6. The number of rotatable bonds is 4. The molecule has 0 unspecified atom stereocenters. The molecule has 1 aliphatic heterocycles. The van der Waals surface area contributed by atoms with Crippen LogP contribution in [0, 0.1) is 0 Å². The van der Waals surface area contributed by atoms with Crippen LogP contribution in [0.1, 0.15) is 10.5 Å². The summed E-state index contributed by atoms with van der Waals surface area (Å²) in [5.74, 6) is -0.0371. The van der Waals surface area contributed by atoms with E-state index in [4.69, 9.17) is 0 Å². The molecule has 1 aromatic carbocycles. The predicted octanol–water partition coefficient (Wildman–Crippen LogP) is 1.28. The number of carbonyl (C=O) groups excluding carboxylic acids is 1. The second kappa shape index (κ2) is 6.98. The van der Waals surface area contributed by atoms with E-state index in [1.54, 1.807) is 12.4 Å². The molecule has 0 saturated carbocycles. The molecule has 1 fully saturated rings. The van der Waals surface area contributed by atoms with E-state index in [-0.39, 0.29) is 5.91 Å². The molecule has 3 aromatic rings. The number of hydrogen-bond donors (Lipinski definition) is 0. The van der Waals surface area contributed by atoms with Crippen LogP contribution < -0.4 is 0 Å². The van der Waals surface area contributed by atoms with Gasteiger partial charge in [0.2, 0.25) is 0 Å². The molecule has 0 radical (unpaired) electrons. The Morgan fingerprint density at radius 3 is 2.56 bits per heavy atom. The van der Waals surface area contributed by atoms with Crippen LogP contribution >= 0.6 is 0 Å². The third kappa shape index (κ3) is 3.51. The number of hydrogen-bond acceptors (Lipinski definition) is 5. The van der Waals surface area contributed by atoms with Gasteiger partial charge in [-0.1, -0.05) is 12.1 Å². The summed E-state index contributed by atoms with van der Waals surface area (Å²) in [4.78, 5) is 25.7. The molecule has 7 heteroatoms. The lowest BCUT2D eigenvalue weighted by atomic mass is 10.2. The number of amides is 1. The van der Waals surface area contributed by atoms with Crippen molar-refractivity contribution in [1.82, 2.24) is 29.5 Å². The largest absolute Gasteiger partial charge is 0.335 e. The molecule has 0 bridgehead atoms. The van der Waals surface area contributed by atoms with Gasteiger partial charge >= 0.3 is 0 Å². The average molecular weight is 336 g/mol. The molecular formula is C18H20N6O. The zero-order valence-electron chi connectivity index (χ0n) is 14.0. The first-order chi connectivity index (χ1) is 12.3. The SMILES string of the molecule is O=C(c1cnc2ccccc2n1)N1CCN(CCn2cccn2)CC1. The maximum Gasteiger partial charge on any atom is 0.274 e. The highest BCUT2D eigenvalue weighted by Gasteiger charge is 2.23. The molecule has 0 atom stereocenters. The summed E-state index contributed by atoms with van der Waals surface area (Å²) in [5.41, 5.74) is 1.98. The lowest BCUT2D eigenvalue weighted by Crippen LogP contribution is -2.49. The minimum Gasteiger partial charge on any atom is -0.335 e. The van der Waals surface area contributed by atoms with Gasteiger partial charge in [-0.05, 0) is 18.2 Å². The first-order valence-corrected chi connectivity index (χ1v) is 8.50. The molecule has 4 rings (SSSR count). The maximum absolute atomic E-state index is 12.7. The van der Waals surface area contributed by atoms with Crippen LogP contribution in [0.3, 0.4) is 0 Å². The third-order valence-corrected chi connectivity index (χ3v) is 4.53. The minimum absolute atomic E-state index is 0.0371. The molecule has 7 nitrogen and oxygen atoms in total. The van der Waals surface area contributed by atoms with Gasteiger partial charge in [-0.25, -0.2) is 4.98 Å². The predicted molar refractivity (Wildman–Crippen MR) is 94.1 cm³/mol. The Balaban J connectivity index is 1.35. The summed E-state index contributed by atoms with van der Waals surface area (Å²) in [6.45, 7) is 4.98. The zero-order valence-corrected chi connectivity index (χ0v) is 14.0. The summed E-state index contributed by atoms with van der Waals surface area (Å²) in [7, 11) is 0. The molecule has 1 saturated heterocycles. The van der Waals surface area contributed by atoms with Crippen LogP contribution in [0.15, 0.2) is 48.9 Å². The van der Waals surface area contributed by atoms with Gasteiger partial charge in [0.15, 0.2) is 0 Å². The molecule has 0 aliphatic carbocycles. The zero-order chi connectivity index (χ0) is 17.1. The fourth-order valence-electron chi connectivity index (χ4n) is 3.07. The molecule has 0 N–H and O–H groups in total. The fourth-order valence-corrected chi connectivity index (χ4v) is 3.07. The summed E-state index contributed by atoms with van der Waals surface area (Å²) in [6.07, 6.45) is 5.34. The first-order valence-electron chi connectivity index (χ1n) is 8.50. The Morgan fingerprint density at radius 1 is 1.00 bits per heavy atom. The molecule has 1 aliphatic rings. The molecular weight excluding hydrogens is 316 g/mol. The van der Waals surface area contributed by atoms with E-state index in [1.807, 2.05) is 46.1 Å². The van der Waals surface area contributed by atoms with E-state index in [1.165, 1.54) is 0 Å². The van der Waals surface area contributed by atoms with E-state index in [0.29, 0.717) is 18.8 Å². The Morgan fingerprint density at radius 2 is 1.80 bits per heavy atom. The van der Waals surface area contributed by atoms with E-state index >= 15 is 0 Å². The van der Waals surface area contributed by atoms with Gasteiger partial charge in [0.1, 0.15) is 5.69 Å². The van der Waals surface area contributed by atoms with E-state index < -0.39 is 0 Å². The monoisotopic (exact) mass is 336 g/mol. The quantitative estimate of drug-likeness (QED) is 0.718. The average Bonchev–Trinajstić information content (AvgIpc) is 3.19. The summed E-state index contributed by atoms with van der Waals surface area (Å²) in [6, 6.07) is 9.53. The van der Waals surface area contributed by atoms with Crippen LogP contribution in [0.2, 0.25) is 0 Å². The summed E-state index contributed by atoms with van der Waals surface area (Å²) >= 11 is 0. The van der Waals surface area contributed by atoms with Gasteiger partial charge in [0.05, 0.1) is 23.8 Å². The topological polar surface area (TPSA) is 67.2 Å². The number of para-hydroxylation sites is 2. The van der Waals surface area contributed by atoms with Crippen molar-refractivity contribution >= 4 is 16.9 Å². The minimum atomic E-state index is -0.0371. The number of benzene rings is 1. The number of carbonyl (C=O) groups is 1. The van der Waals surface area contributed by atoms with Crippen molar-refractivity contribution in [3.8, 4) is 0 Å². The molecule has 25 heavy (non-hydrogen) atoms. The molecule has 2 aromatic heterocycles. The van der Waals surface area contributed by atoms with Crippen LogP contribution in [-0.2, 0) is 6.54 Å². The normalized spacial score (nSPS) is 15.6. The highest BCUT2D eigenvalue weighted by atomic mass is 16.2. The van der Waals surface area contributed by atoms with Crippen LogP contribution in [0.25, 0.3) is 11.0 Å². The summed E-state index contributed by atoms with van der Waals surface area (Å²) in [5, 5.41) is 4.22. The fraction of sp³-hybridized carbons (Fsp3) is 0.333.